The van der Waals surface area contributed by atoms with Crippen molar-refractivity contribution < 1.29 is 22.7 Å². The molecule has 2 aromatic rings. The lowest BCUT2D eigenvalue weighted by Crippen LogP contribution is -2.17. The number of ether oxygens (including phenoxy) is 1. The van der Waals surface area contributed by atoms with Crippen LogP contribution in [-0.2, 0) is 36.8 Å². The van der Waals surface area contributed by atoms with E-state index in [0.29, 0.717) is 38.0 Å². The number of halogens is 3. The summed E-state index contributed by atoms with van der Waals surface area (Å²) < 4.78 is 43.1. The summed E-state index contributed by atoms with van der Waals surface area (Å²) in [5, 5.41) is 0. The Morgan fingerprint density at radius 3 is 2.54 bits per heavy atom. The normalized spacial score (nSPS) is 14.5. The Labute approximate surface area is 141 Å². The number of hydrogen-bond donors (Lipinski definition) is 1. The van der Waals surface area contributed by atoms with Gasteiger partial charge in [-0.1, -0.05) is 12.1 Å². The van der Waals surface area contributed by atoms with Gasteiger partial charge >= 0.3 is 6.18 Å². The number of fused-ring (bicyclic) bond motifs is 1. The third kappa shape index (κ3) is 3.47. The van der Waals surface area contributed by atoms with Crippen molar-refractivity contribution in [3.8, 4) is 0 Å². The van der Waals surface area contributed by atoms with Crippen LogP contribution in [0.5, 0.6) is 0 Å². The zero-order valence-corrected chi connectivity index (χ0v) is 13.6. The van der Waals surface area contributed by atoms with Crippen LogP contribution in [0.4, 0.5) is 13.2 Å². The smallest absolute Gasteiger partial charge is 0.376 e. The van der Waals surface area contributed by atoms with E-state index in [0.717, 1.165) is 33.0 Å². The molecule has 1 aromatic carbocycles. The number of rotatable bonds is 4. The average Bonchev–Trinajstić information content (AvgIpc) is 2.91. The van der Waals surface area contributed by atoms with Crippen LogP contribution in [-0.4, -0.2) is 12.5 Å². The summed E-state index contributed by atoms with van der Waals surface area (Å²) in [5.41, 5.74) is 7.20. The molecule has 0 radical (unpaired) electrons. The fourth-order valence-corrected chi connectivity index (χ4v) is 4.17. The quantitative estimate of drug-likeness (QED) is 0.909. The van der Waals surface area contributed by atoms with E-state index in [4.69, 9.17) is 10.5 Å². The maximum absolute atomic E-state index is 12.6. The van der Waals surface area contributed by atoms with E-state index in [1.165, 1.54) is 23.5 Å². The highest BCUT2D eigenvalue weighted by atomic mass is 32.1. The Kier molecular flexibility index (Phi) is 4.64. The number of amides is 1. The summed E-state index contributed by atoms with van der Waals surface area (Å²) in [7, 11) is 0. The van der Waals surface area contributed by atoms with Gasteiger partial charge in [0.1, 0.15) is 0 Å². The topological polar surface area (TPSA) is 52.3 Å². The number of primary amides is 1. The van der Waals surface area contributed by atoms with Crippen molar-refractivity contribution in [3.05, 3.63) is 56.3 Å². The van der Waals surface area contributed by atoms with Crippen molar-refractivity contribution in [1.82, 2.24) is 0 Å². The maximum Gasteiger partial charge on any atom is 0.416 e. The minimum absolute atomic E-state index is 0.447. The second-order valence-corrected chi connectivity index (χ2v) is 6.85. The molecule has 0 aliphatic carbocycles. The Bertz CT molecular complexity index is 750. The molecule has 24 heavy (non-hydrogen) atoms. The minimum atomic E-state index is -4.33. The Balaban J connectivity index is 1.77. The van der Waals surface area contributed by atoms with Gasteiger partial charge in [0.15, 0.2) is 0 Å². The molecule has 0 atom stereocenters. The van der Waals surface area contributed by atoms with E-state index in [1.807, 2.05) is 0 Å². The lowest BCUT2D eigenvalue weighted by Gasteiger charge is -2.12. The predicted molar refractivity (Wildman–Crippen MR) is 85.0 cm³/mol. The van der Waals surface area contributed by atoms with E-state index in [-0.39, 0.29) is 0 Å². The number of alkyl halides is 3. The van der Waals surface area contributed by atoms with Gasteiger partial charge in [-0.25, -0.2) is 0 Å². The Hall–Kier alpha value is -1.86. The third-order valence-corrected chi connectivity index (χ3v) is 5.33. The van der Waals surface area contributed by atoms with Gasteiger partial charge in [-0.05, 0) is 42.5 Å². The minimum Gasteiger partial charge on any atom is -0.376 e. The number of nitrogens with two attached hydrogens (primary N) is 1. The SMILES string of the molecule is NC(=O)c1c(CCc2ccc(C(F)(F)F)cc2)sc2c1CCOC2. The number of hydrogen-bond acceptors (Lipinski definition) is 3. The summed E-state index contributed by atoms with van der Waals surface area (Å²) in [6, 6.07) is 5.11. The standard InChI is InChI=1S/C17H16F3NO2S/c18-17(19,20)11-4-1-10(2-5-11)3-6-13-15(16(21)22)12-7-8-23-9-14(12)24-13/h1-2,4-5H,3,6-9H2,(H2,21,22). The van der Waals surface area contributed by atoms with Crippen molar-refractivity contribution >= 4 is 17.2 Å². The molecule has 0 spiro atoms. The molecule has 2 N–H and O–H groups in total. The lowest BCUT2D eigenvalue weighted by molar-refractivity contribution is -0.137. The molecule has 3 rings (SSSR count). The van der Waals surface area contributed by atoms with Gasteiger partial charge in [-0.3, -0.25) is 4.79 Å². The molecule has 0 bridgehead atoms. The molecular formula is C17H16F3NO2S. The largest absolute Gasteiger partial charge is 0.416 e. The van der Waals surface area contributed by atoms with E-state index in [1.54, 1.807) is 0 Å². The molecule has 0 saturated heterocycles. The van der Waals surface area contributed by atoms with Gasteiger partial charge in [0.05, 0.1) is 24.3 Å². The van der Waals surface area contributed by atoms with E-state index in [9.17, 15) is 18.0 Å². The molecular weight excluding hydrogens is 339 g/mol. The molecule has 1 aliphatic rings. The molecule has 0 saturated carbocycles. The highest BCUT2D eigenvalue weighted by molar-refractivity contribution is 7.12. The van der Waals surface area contributed by atoms with Crippen LogP contribution in [0.3, 0.4) is 0 Å². The van der Waals surface area contributed by atoms with Gasteiger partial charge in [0.2, 0.25) is 5.91 Å². The van der Waals surface area contributed by atoms with Crippen LogP contribution in [0, 0.1) is 0 Å². The molecule has 0 fully saturated rings. The molecule has 2 heterocycles. The van der Waals surface area contributed by atoms with Crippen molar-refractivity contribution in [2.45, 2.75) is 32.0 Å². The van der Waals surface area contributed by atoms with Crippen molar-refractivity contribution in [1.29, 1.82) is 0 Å². The molecule has 1 aliphatic heterocycles. The number of aryl methyl sites for hydroxylation is 2. The Morgan fingerprint density at radius 2 is 1.92 bits per heavy atom. The second-order valence-electron chi connectivity index (χ2n) is 5.66. The third-order valence-electron chi connectivity index (χ3n) is 4.06. The summed E-state index contributed by atoms with van der Waals surface area (Å²) in [5.74, 6) is -0.447. The van der Waals surface area contributed by atoms with Gasteiger partial charge in [-0.2, -0.15) is 13.2 Å². The van der Waals surface area contributed by atoms with Crippen molar-refractivity contribution in [2.75, 3.05) is 6.61 Å². The second kappa shape index (κ2) is 6.57. The molecule has 1 aromatic heterocycles. The van der Waals surface area contributed by atoms with Gasteiger partial charge < -0.3 is 10.5 Å². The van der Waals surface area contributed by atoms with Crippen LogP contribution in [0.2, 0.25) is 0 Å². The number of thiophene rings is 1. The van der Waals surface area contributed by atoms with Crippen LogP contribution in [0.25, 0.3) is 0 Å². The van der Waals surface area contributed by atoms with Crippen LogP contribution in [0.15, 0.2) is 24.3 Å². The summed E-state index contributed by atoms with van der Waals surface area (Å²) in [6.07, 6.45) is -2.53. The first-order valence-corrected chi connectivity index (χ1v) is 8.35. The average molecular weight is 355 g/mol. The number of carbonyl (C=O) groups is 1. The fraction of sp³-hybridized carbons (Fsp3) is 0.353. The molecule has 128 valence electrons. The maximum atomic E-state index is 12.6. The summed E-state index contributed by atoms with van der Waals surface area (Å²) in [6.45, 7) is 1.06. The first-order chi connectivity index (χ1) is 11.4. The van der Waals surface area contributed by atoms with Gasteiger partial charge in [0, 0.05) is 9.75 Å². The predicted octanol–water partition coefficient (Wildman–Crippen LogP) is 3.72. The zero-order chi connectivity index (χ0) is 17.3. The fourth-order valence-electron chi connectivity index (χ4n) is 2.87. The summed E-state index contributed by atoms with van der Waals surface area (Å²) in [4.78, 5) is 13.7. The monoisotopic (exact) mass is 355 g/mol. The highest BCUT2D eigenvalue weighted by Gasteiger charge is 2.30. The molecule has 1 amide bonds. The van der Waals surface area contributed by atoms with Gasteiger partial charge in [0.25, 0.3) is 0 Å². The highest BCUT2D eigenvalue weighted by Crippen LogP contribution is 2.33. The lowest BCUT2D eigenvalue weighted by atomic mass is 10.0. The number of benzene rings is 1. The molecule has 0 unspecified atom stereocenters. The van der Waals surface area contributed by atoms with Crippen LogP contribution >= 0.6 is 11.3 Å². The van der Waals surface area contributed by atoms with Crippen LogP contribution in [0.1, 0.15) is 36.8 Å². The van der Waals surface area contributed by atoms with E-state index < -0.39 is 17.6 Å². The van der Waals surface area contributed by atoms with E-state index in [2.05, 4.69) is 0 Å². The molecule has 3 nitrogen and oxygen atoms in total. The van der Waals surface area contributed by atoms with Crippen molar-refractivity contribution in [2.24, 2.45) is 5.73 Å². The van der Waals surface area contributed by atoms with Crippen molar-refractivity contribution in [3.63, 3.8) is 0 Å². The summed E-state index contributed by atoms with van der Waals surface area (Å²) >= 11 is 1.51. The zero-order valence-electron chi connectivity index (χ0n) is 12.8. The van der Waals surface area contributed by atoms with Gasteiger partial charge in [-0.15, -0.1) is 11.3 Å². The first-order valence-electron chi connectivity index (χ1n) is 7.53. The van der Waals surface area contributed by atoms with Crippen LogP contribution < -0.4 is 5.73 Å². The molecule has 7 heteroatoms. The Morgan fingerprint density at radius 1 is 1.21 bits per heavy atom. The van der Waals surface area contributed by atoms with E-state index >= 15 is 0 Å². The number of carbonyl (C=O) groups excluding carboxylic acids is 1. The first kappa shape index (κ1) is 17.0.